The first-order valence-electron chi connectivity index (χ1n) is 9.90. The van der Waals surface area contributed by atoms with Crippen LogP contribution < -0.4 is 30.6 Å². The van der Waals surface area contributed by atoms with E-state index < -0.39 is 38.8 Å². The van der Waals surface area contributed by atoms with Crippen molar-refractivity contribution in [3.8, 4) is 17.2 Å². The van der Waals surface area contributed by atoms with Crippen molar-refractivity contribution in [2.75, 3.05) is 21.3 Å². The number of halogens is 3. The molecule has 33 heavy (non-hydrogen) atoms. The van der Waals surface area contributed by atoms with Crippen LogP contribution >= 0.6 is 0 Å². The van der Waals surface area contributed by atoms with Gasteiger partial charge in [0.05, 0.1) is 21.3 Å². The smallest absolute Gasteiger partial charge is 0.470 e. The third kappa shape index (κ3) is 4.82. The molecule has 0 atom stereocenters. The minimum atomic E-state index is -1.37. The fourth-order valence-corrected chi connectivity index (χ4v) is 3.36. The van der Waals surface area contributed by atoms with E-state index in [1.807, 2.05) is 0 Å². The Morgan fingerprint density at radius 2 is 0.788 bits per heavy atom. The van der Waals surface area contributed by atoms with Crippen molar-refractivity contribution in [3.05, 3.63) is 72.0 Å². The van der Waals surface area contributed by atoms with Crippen LogP contribution in [0.15, 0.2) is 54.6 Å². The number of methoxy groups -OCH3 is 3. The summed E-state index contributed by atoms with van der Waals surface area (Å²) in [5.41, 5.74) is -0.0854. The topological polar surface area (TPSA) is 55.4 Å². The first-order chi connectivity index (χ1) is 15.9. The number of benzene rings is 3. The summed E-state index contributed by atoms with van der Waals surface area (Å²) in [6.07, 6.45) is 0. The average Bonchev–Trinajstić information content (AvgIpc) is 2.84. The van der Waals surface area contributed by atoms with E-state index in [2.05, 4.69) is 0 Å². The van der Waals surface area contributed by atoms with E-state index in [1.54, 1.807) is 0 Å². The summed E-state index contributed by atoms with van der Waals surface area (Å²) in [6, 6.07) is 12.0. The van der Waals surface area contributed by atoms with Gasteiger partial charge < -0.3 is 27.9 Å². The minimum Gasteiger partial charge on any atom is -0.497 e. The molecule has 0 aliphatic carbocycles. The van der Waals surface area contributed by atoms with Gasteiger partial charge >= 0.3 is 21.4 Å². The Kier molecular flexibility index (Phi) is 6.87. The lowest BCUT2D eigenvalue weighted by atomic mass is 9.61. The van der Waals surface area contributed by atoms with Gasteiger partial charge in [-0.3, -0.25) is 0 Å². The third-order valence-electron chi connectivity index (χ3n) is 5.11. The zero-order chi connectivity index (χ0) is 23.5. The predicted octanol–water partition coefficient (Wildman–Crippen LogP) is 1.68. The molecule has 0 bridgehead atoms. The van der Waals surface area contributed by atoms with Gasteiger partial charge in [0.25, 0.3) is 0 Å². The van der Waals surface area contributed by atoms with Crippen molar-refractivity contribution >= 4 is 37.7 Å². The number of hydrogen-bond acceptors (Lipinski definition) is 6. The summed E-state index contributed by atoms with van der Waals surface area (Å²) in [5, 5.41) is 0. The summed E-state index contributed by atoms with van der Waals surface area (Å²) >= 11 is 0. The number of rotatable bonds is 6. The van der Waals surface area contributed by atoms with Crippen molar-refractivity contribution < 1.29 is 41.1 Å². The molecule has 168 valence electrons. The van der Waals surface area contributed by atoms with Crippen LogP contribution in [0.4, 0.5) is 13.2 Å². The zero-order valence-corrected chi connectivity index (χ0v) is 18.0. The van der Waals surface area contributed by atoms with Crippen LogP contribution in [0.1, 0.15) is 0 Å². The van der Waals surface area contributed by atoms with Gasteiger partial charge in [-0.25, -0.2) is 13.2 Å². The van der Waals surface area contributed by atoms with E-state index in [0.717, 1.165) is 0 Å². The normalized spacial score (nSPS) is 13.8. The Labute approximate surface area is 189 Å². The third-order valence-corrected chi connectivity index (χ3v) is 5.11. The lowest BCUT2D eigenvalue weighted by Gasteiger charge is -2.32. The van der Waals surface area contributed by atoms with Crippen molar-refractivity contribution in [2.24, 2.45) is 0 Å². The lowest BCUT2D eigenvalue weighted by Crippen LogP contribution is -2.62. The highest BCUT2D eigenvalue weighted by atomic mass is 19.1. The molecule has 0 radical (unpaired) electrons. The molecule has 4 rings (SSSR count). The zero-order valence-electron chi connectivity index (χ0n) is 18.0. The first-order valence-corrected chi connectivity index (χ1v) is 9.90. The largest absolute Gasteiger partial charge is 0.497 e. The second kappa shape index (κ2) is 9.82. The van der Waals surface area contributed by atoms with E-state index in [1.165, 1.54) is 75.9 Å². The highest BCUT2D eigenvalue weighted by molar-refractivity contribution is 6.87. The van der Waals surface area contributed by atoms with Gasteiger partial charge in [-0.15, -0.1) is 0 Å². The summed E-state index contributed by atoms with van der Waals surface area (Å²) in [7, 11) is 0.142. The summed E-state index contributed by atoms with van der Waals surface area (Å²) in [4.78, 5) is 0. The minimum absolute atomic E-state index is 0.0285. The monoisotopic (exact) mass is 456 g/mol. The average molecular weight is 456 g/mol. The Bertz CT molecular complexity index is 1000. The molecule has 6 nitrogen and oxygen atoms in total. The SMILES string of the molecule is COc1ccc(F)c(B2OB(c3cc(OC)ccc3F)OB(c3cc(OC)ccc3F)O2)c1. The van der Waals surface area contributed by atoms with Crippen LogP contribution in [0.25, 0.3) is 0 Å². The molecule has 0 amide bonds. The van der Waals surface area contributed by atoms with Crippen LogP contribution in [-0.4, -0.2) is 42.7 Å². The van der Waals surface area contributed by atoms with Crippen molar-refractivity contribution in [1.82, 2.24) is 0 Å². The molecule has 0 saturated carbocycles. The van der Waals surface area contributed by atoms with Crippen LogP contribution in [0.2, 0.25) is 0 Å². The Morgan fingerprint density at radius 3 is 1.03 bits per heavy atom. The highest BCUT2D eigenvalue weighted by Gasteiger charge is 2.46. The molecule has 1 aliphatic heterocycles. The molecule has 12 heteroatoms. The van der Waals surface area contributed by atoms with Gasteiger partial charge in [0.1, 0.15) is 34.7 Å². The van der Waals surface area contributed by atoms with Crippen LogP contribution in [0, 0.1) is 17.5 Å². The number of hydrogen-bond donors (Lipinski definition) is 0. The lowest BCUT2D eigenvalue weighted by molar-refractivity contribution is 0.305. The van der Waals surface area contributed by atoms with Gasteiger partial charge in [-0.05, 0) is 54.6 Å². The van der Waals surface area contributed by atoms with Gasteiger partial charge in [0.15, 0.2) is 0 Å². The molecule has 3 aromatic carbocycles. The van der Waals surface area contributed by atoms with Gasteiger partial charge in [0.2, 0.25) is 0 Å². The van der Waals surface area contributed by atoms with E-state index in [-0.39, 0.29) is 16.4 Å². The molecular formula is C21H18B3F3O6. The first kappa shape index (κ1) is 23.1. The van der Waals surface area contributed by atoms with Crippen molar-refractivity contribution in [2.45, 2.75) is 0 Å². The Hall–Kier alpha value is -3.08. The predicted molar refractivity (Wildman–Crippen MR) is 118 cm³/mol. The quantitative estimate of drug-likeness (QED) is 0.527. The van der Waals surface area contributed by atoms with E-state index >= 15 is 0 Å². The second-order valence-corrected chi connectivity index (χ2v) is 7.07. The van der Waals surface area contributed by atoms with Crippen molar-refractivity contribution in [1.29, 1.82) is 0 Å². The van der Waals surface area contributed by atoms with E-state index in [4.69, 9.17) is 27.9 Å². The maximum absolute atomic E-state index is 14.7. The fraction of sp³-hybridized carbons (Fsp3) is 0.143. The highest BCUT2D eigenvalue weighted by Crippen LogP contribution is 2.19. The van der Waals surface area contributed by atoms with Gasteiger partial charge in [-0.1, -0.05) is 0 Å². The van der Waals surface area contributed by atoms with E-state index in [0.29, 0.717) is 17.2 Å². The molecule has 1 heterocycles. The Balaban J connectivity index is 1.79. The summed E-state index contributed by atoms with van der Waals surface area (Å²) in [6.45, 7) is 0. The standard InChI is InChI=1S/C21H18B3F3O6/c1-28-13-4-7-19(25)16(10-13)22-31-23(17-11-14(29-2)5-8-20(17)26)33-24(32-22)18-12-15(30-3)6-9-21(18)27/h4-12H,1-3H3. The molecule has 3 aromatic rings. The second-order valence-electron chi connectivity index (χ2n) is 7.07. The maximum atomic E-state index is 14.7. The van der Waals surface area contributed by atoms with E-state index in [9.17, 15) is 13.2 Å². The molecule has 0 aromatic heterocycles. The van der Waals surface area contributed by atoms with Crippen LogP contribution in [0.5, 0.6) is 17.2 Å². The van der Waals surface area contributed by atoms with Gasteiger partial charge in [-0.2, -0.15) is 0 Å². The summed E-state index contributed by atoms with van der Waals surface area (Å²) in [5.74, 6) is -0.928. The fourth-order valence-electron chi connectivity index (χ4n) is 3.36. The molecule has 1 aliphatic rings. The number of ether oxygens (including phenoxy) is 3. The Morgan fingerprint density at radius 1 is 0.515 bits per heavy atom. The summed E-state index contributed by atoms with van der Waals surface area (Å²) < 4.78 is 76.9. The molecule has 0 unspecified atom stereocenters. The van der Waals surface area contributed by atoms with Crippen LogP contribution in [0.3, 0.4) is 0 Å². The molecule has 1 saturated heterocycles. The van der Waals surface area contributed by atoms with Crippen LogP contribution in [-0.2, 0) is 13.7 Å². The molecule has 0 spiro atoms. The van der Waals surface area contributed by atoms with Gasteiger partial charge in [0, 0.05) is 16.4 Å². The molecule has 1 fully saturated rings. The molecule has 0 N–H and O–H groups in total. The molecular weight excluding hydrogens is 438 g/mol. The maximum Gasteiger partial charge on any atom is 0.470 e. The van der Waals surface area contributed by atoms with Crippen molar-refractivity contribution in [3.63, 3.8) is 0 Å².